The smallest absolute Gasteiger partial charge is 0.283 e. The van der Waals surface area contributed by atoms with Gasteiger partial charge >= 0.3 is 0 Å². The Balaban J connectivity index is 2.20. The van der Waals surface area contributed by atoms with Crippen LogP contribution < -0.4 is 14.8 Å². The van der Waals surface area contributed by atoms with Crippen LogP contribution in [0, 0.1) is 17.0 Å². The van der Waals surface area contributed by atoms with Crippen molar-refractivity contribution in [2.75, 3.05) is 18.5 Å². The number of carbonyl (C=O) groups excluding carboxylic acids is 1. The number of benzene rings is 1. The van der Waals surface area contributed by atoms with Crippen LogP contribution in [0.1, 0.15) is 28.4 Å². The lowest BCUT2D eigenvalue weighted by Crippen LogP contribution is -2.10. The zero-order valence-corrected chi connectivity index (χ0v) is 14.4. The molecule has 0 fully saturated rings. The minimum atomic E-state index is -0.493. The van der Waals surface area contributed by atoms with Crippen LogP contribution in [0.4, 0.5) is 11.4 Å². The molecule has 0 atom stereocenters. The summed E-state index contributed by atoms with van der Waals surface area (Å²) in [5.74, 6) is 0.730. The van der Waals surface area contributed by atoms with Crippen molar-refractivity contribution in [3.8, 4) is 11.5 Å². The van der Waals surface area contributed by atoms with Gasteiger partial charge in [0.05, 0.1) is 27.9 Å². The molecule has 2 rings (SSSR count). The monoisotopic (exact) mass is 350 g/mol. The summed E-state index contributed by atoms with van der Waals surface area (Å²) in [6.45, 7) is 6.31. The summed E-state index contributed by atoms with van der Waals surface area (Å²) in [4.78, 5) is 23.5. The maximum atomic E-state index is 12.3. The first-order chi connectivity index (χ1) is 11.5. The van der Waals surface area contributed by atoms with E-state index in [1.807, 2.05) is 13.8 Å². The van der Waals surface area contributed by atoms with Gasteiger partial charge in [0.25, 0.3) is 11.6 Å². The topological polar surface area (TPSA) is 90.7 Å². The van der Waals surface area contributed by atoms with E-state index in [0.717, 1.165) is 11.3 Å². The number of hydrogen-bond donors (Lipinski definition) is 1. The molecule has 1 amide bonds. The van der Waals surface area contributed by atoms with Crippen LogP contribution in [-0.4, -0.2) is 24.0 Å². The summed E-state index contributed by atoms with van der Waals surface area (Å²) < 4.78 is 11.0. The zero-order chi connectivity index (χ0) is 17.7. The van der Waals surface area contributed by atoms with E-state index in [9.17, 15) is 14.9 Å². The van der Waals surface area contributed by atoms with Crippen LogP contribution in [0.5, 0.6) is 11.5 Å². The molecule has 1 heterocycles. The van der Waals surface area contributed by atoms with Crippen molar-refractivity contribution in [2.45, 2.75) is 20.8 Å². The first kappa shape index (κ1) is 17.7. The van der Waals surface area contributed by atoms with E-state index in [0.29, 0.717) is 35.3 Å². The molecule has 1 aromatic heterocycles. The third kappa shape index (κ3) is 4.02. The summed E-state index contributed by atoms with van der Waals surface area (Å²) in [6, 6.07) is 6.36. The molecule has 0 bridgehead atoms. The van der Waals surface area contributed by atoms with E-state index in [1.165, 1.54) is 6.07 Å². The average Bonchev–Trinajstić information content (AvgIpc) is 2.92. The average molecular weight is 350 g/mol. The van der Waals surface area contributed by atoms with Crippen LogP contribution in [-0.2, 0) is 0 Å². The fourth-order valence-electron chi connectivity index (χ4n) is 2.09. The highest BCUT2D eigenvalue weighted by atomic mass is 32.1. The minimum absolute atomic E-state index is 0.0492. The van der Waals surface area contributed by atoms with Gasteiger partial charge in [-0.25, -0.2) is 0 Å². The molecule has 0 saturated carbocycles. The molecule has 7 nitrogen and oxygen atoms in total. The second-order valence-electron chi connectivity index (χ2n) is 4.79. The second kappa shape index (κ2) is 7.78. The van der Waals surface area contributed by atoms with E-state index in [4.69, 9.17) is 9.47 Å². The Labute approximate surface area is 143 Å². The van der Waals surface area contributed by atoms with Gasteiger partial charge in [-0.2, -0.15) is 0 Å². The quantitative estimate of drug-likeness (QED) is 0.602. The molecule has 2 aromatic rings. The molecule has 0 spiro atoms. The molecule has 0 aliphatic rings. The van der Waals surface area contributed by atoms with E-state index in [2.05, 4.69) is 5.32 Å². The molecule has 8 heteroatoms. The van der Waals surface area contributed by atoms with Crippen molar-refractivity contribution >= 4 is 28.6 Å². The van der Waals surface area contributed by atoms with Crippen molar-refractivity contribution in [1.82, 2.24) is 0 Å². The fourth-order valence-corrected chi connectivity index (χ4v) is 2.97. The lowest BCUT2D eigenvalue weighted by molar-refractivity contribution is -0.385. The first-order valence-electron chi connectivity index (χ1n) is 7.42. The minimum Gasteiger partial charge on any atom is -0.490 e. The van der Waals surface area contributed by atoms with Gasteiger partial charge in [0.15, 0.2) is 11.5 Å². The maximum Gasteiger partial charge on any atom is 0.283 e. The number of hydrogen-bond acceptors (Lipinski definition) is 6. The van der Waals surface area contributed by atoms with Gasteiger partial charge in [-0.15, -0.1) is 11.3 Å². The molecular formula is C16H18N2O5S. The van der Waals surface area contributed by atoms with Crippen LogP contribution in [0.2, 0.25) is 0 Å². The van der Waals surface area contributed by atoms with Crippen LogP contribution >= 0.6 is 11.3 Å². The Morgan fingerprint density at radius 3 is 2.46 bits per heavy atom. The Bertz CT molecular complexity index is 757. The Kier molecular flexibility index (Phi) is 5.75. The molecule has 0 aliphatic heterocycles. The lowest BCUT2D eigenvalue weighted by Gasteiger charge is -2.12. The van der Waals surface area contributed by atoms with Gasteiger partial charge < -0.3 is 14.8 Å². The highest BCUT2D eigenvalue weighted by molar-refractivity contribution is 7.14. The number of amides is 1. The SMILES string of the molecule is CCOc1ccc(NC(=O)c2cc([N+](=O)[O-])c(C)s2)cc1OCC. The molecule has 24 heavy (non-hydrogen) atoms. The van der Waals surface area contributed by atoms with Crippen molar-refractivity contribution in [3.63, 3.8) is 0 Å². The summed E-state index contributed by atoms with van der Waals surface area (Å²) in [5.41, 5.74) is 0.479. The van der Waals surface area contributed by atoms with Crippen LogP contribution in [0.25, 0.3) is 0 Å². The number of rotatable bonds is 7. The van der Waals surface area contributed by atoms with Crippen molar-refractivity contribution in [2.24, 2.45) is 0 Å². The van der Waals surface area contributed by atoms with Gasteiger partial charge in [0.2, 0.25) is 0 Å². The lowest BCUT2D eigenvalue weighted by atomic mass is 10.2. The van der Waals surface area contributed by atoms with E-state index >= 15 is 0 Å². The Morgan fingerprint density at radius 1 is 1.21 bits per heavy atom. The zero-order valence-electron chi connectivity index (χ0n) is 13.6. The number of anilines is 1. The molecule has 0 unspecified atom stereocenters. The largest absolute Gasteiger partial charge is 0.490 e. The van der Waals surface area contributed by atoms with Gasteiger partial charge in [0.1, 0.15) is 0 Å². The number of carbonyl (C=O) groups is 1. The molecule has 128 valence electrons. The van der Waals surface area contributed by atoms with Crippen molar-refractivity contribution < 1.29 is 19.2 Å². The molecule has 0 radical (unpaired) electrons. The third-order valence-corrected chi connectivity index (χ3v) is 4.15. The molecule has 1 aromatic carbocycles. The summed E-state index contributed by atoms with van der Waals surface area (Å²) in [7, 11) is 0. The van der Waals surface area contributed by atoms with E-state index in [1.54, 1.807) is 25.1 Å². The van der Waals surface area contributed by atoms with Crippen molar-refractivity contribution in [1.29, 1.82) is 0 Å². The fraction of sp³-hybridized carbons (Fsp3) is 0.312. The van der Waals surface area contributed by atoms with Gasteiger partial charge in [-0.05, 0) is 32.9 Å². The van der Waals surface area contributed by atoms with E-state index in [-0.39, 0.29) is 10.6 Å². The predicted octanol–water partition coefficient (Wildman–Crippen LogP) is 4.01. The predicted molar refractivity (Wildman–Crippen MR) is 92.4 cm³/mol. The van der Waals surface area contributed by atoms with Gasteiger partial charge in [-0.3, -0.25) is 14.9 Å². The van der Waals surface area contributed by atoms with E-state index < -0.39 is 10.8 Å². The van der Waals surface area contributed by atoms with Crippen LogP contribution in [0.15, 0.2) is 24.3 Å². The molecular weight excluding hydrogens is 332 g/mol. The number of ether oxygens (including phenoxy) is 2. The maximum absolute atomic E-state index is 12.3. The number of nitrogens with one attached hydrogen (secondary N) is 1. The molecule has 1 N–H and O–H groups in total. The summed E-state index contributed by atoms with van der Waals surface area (Å²) in [6.07, 6.45) is 0. The van der Waals surface area contributed by atoms with Crippen molar-refractivity contribution in [3.05, 3.63) is 44.1 Å². The number of nitro groups is 1. The Morgan fingerprint density at radius 2 is 1.88 bits per heavy atom. The highest BCUT2D eigenvalue weighted by Gasteiger charge is 2.20. The summed E-state index contributed by atoms with van der Waals surface area (Å²) in [5, 5.41) is 13.6. The number of aryl methyl sites for hydroxylation is 1. The number of thiophene rings is 1. The standard InChI is InChI=1S/C16H18N2O5S/c1-4-22-13-7-6-11(8-14(13)23-5-2)17-16(19)15-9-12(18(20)21)10(3)24-15/h6-9H,4-5H2,1-3H3,(H,17,19). The van der Waals surface area contributed by atoms with Gasteiger partial charge in [0, 0.05) is 17.8 Å². The first-order valence-corrected chi connectivity index (χ1v) is 8.23. The number of nitrogens with zero attached hydrogens (tertiary/aromatic N) is 1. The normalized spacial score (nSPS) is 10.3. The van der Waals surface area contributed by atoms with Gasteiger partial charge in [-0.1, -0.05) is 0 Å². The summed E-state index contributed by atoms with van der Waals surface area (Å²) >= 11 is 1.09. The highest BCUT2D eigenvalue weighted by Crippen LogP contribution is 2.32. The molecule has 0 saturated heterocycles. The van der Waals surface area contributed by atoms with Crippen LogP contribution in [0.3, 0.4) is 0 Å². The Hall–Kier alpha value is -2.61. The third-order valence-electron chi connectivity index (χ3n) is 3.11. The second-order valence-corrected chi connectivity index (χ2v) is 6.05. The molecule has 0 aliphatic carbocycles.